The molecule has 0 atom stereocenters. The molecule has 112 valence electrons. The Labute approximate surface area is 120 Å². The van der Waals surface area contributed by atoms with E-state index in [4.69, 9.17) is 0 Å². The summed E-state index contributed by atoms with van der Waals surface area (Å²) in [5, 5.41) is 6.17. The Hall–Kier alpha value is -1.65. The van der Waals surface area contributed by atoms with Crippen molar-refractivity contribution >= 4 is 5.82 Å². The number of H-pyrrole nitrogens is 1. The summed E-state index contributed by atoms with van der Waals surface area (Å²) in [6, 6.07) is 0. The van der Waals surface area contributed by atoms with E-state index in [0.29, 0.717) is 6.54 Å². The molecule has 5 nitrogen and oxygen atoms in total. The van der Waals surface area contributed by atoms with Gasteiger partial charge < -0.3 is 10.2 Å². The van der Waals surface area contributed by atoms with E-state index >= 15 is 0 Å². The van der Waals surface area contributed by atoms with Crippen LogP contribution in [-0.4, -0.2) is 22.9 Å². The van der Waals surface area contributed by atoms with Crippen molar-refractivity contribution in [3.8, 4) is 0 Å². The highest BCUT2D eigenvalue weighted by molar-refractivity contribution is 5.47. The third kappa shape index (κ3) is 2.92. The predicted molar refractivity (Wildman–Crippen MR) is 82.9 cm³/mol. The summed E-state index contributed by atoms with van der Waals surface area (Å²) in [7, 11) is 1.90. The quantitative estimate of drug-likeness (QED) is 0.885. The lowest BCUT2D eigenvalue weighted by Crippen LogP contribution is -2.27. The van der Waals surface area contributed by atoms with Crippen LogP contribution in [0.2, 0.25) is 0 Å². The first-order valence-corrected chi connectivity index (χ1v) is 7.27. The van der Waals surface area contributed by atoms with Gasteiger partial charge in [-0.3, -0.25) is 14.6 Å². The third-order valence-corrected chi connectivity index (χ3v) is 3.92. The second kappa shape index (κ2) is 5.38. The molecule has 0 amide bonds. The van der Waals surface area contributed by atoms with E-state index in [2.05, 4.69) is 42.7 Å². The number of rotatable bonds is 4. The molecular weight excluding hydrogens is 252 g/mol. The van der Waals surface area contributed by atoms with Crippen LogP contribution in [-0.2, 0) is 13.6 Å². The molecule has 2 heterocycles. The zero-order chi connectivity index (χ0) is 14.9. The van der Waals surface area contributed by atoms with E-state index in [1.54, 1.807) is 0 Å². The van der Waals surface area contributed by atoms with Gasteiger partial charge in [0.2, 0.25) is 0 Å². The van der Waals surface area contributed by atoms with Crippen LogP contribution in [0.4, 0.5) is 5.82 Å². The smallest absolute Gasteiger partial charge is 0.271 e. The third-order valence-electron chi connectivity index (χ3n) is 3.92. The fourth-order valence-electron chi connectivity index (χ4n) is 2.53. The average molecular weight is 278 g/mol. The molecule has 1 fully saturated rings. The van der Waals surface area contributed by atoms with E-state index in [-0.39, 0.29) is 11.0 Å². The number of hydrogen-bond acceptors (Lipinski definition) is 3. The first kappa shape index (κ1) is 14.8. The minimum Gasteiger partial charge on any atom is -0.384 e. The number of allylic oxidation sites excluding steroid dienone is 1. The summed E-state index contributed by atoms with van der Waals surface area (Å²) in [5.74, 6) is 1.02. The normalized spacial score (nSPS) is 15.7. The molecule has 1 aromatic heterocycles. The molecule has 1 saturated heterocycles. The minimum absolute atomic E-state index is 0.00461. The Morgan fingerprint density at radius 3 is 2.50 bits per heavy atom. The number of aromatic amines is 1. The maximum atomic E-state index is 12.1. The summed E-state index contributed by atoms with van der Waals surface area (Å²) in [6.07, 6.45) is 2.39. The average Bonchev–Trinajstić information content (AvgIpc) is 2.93. The van der Waals surface area contributed by atoms with Crippen LogP contribution in [0.3, 0.4) is 0 Å². The van der Waals surface area contributed by atoms with E-state index in [1.165, 1.54) is 12.8 Å². The standard InChI is InChI=1S/C15H26N4O/c1-11(15(2,3)4)16-10-12-13(20)17-18(5)14(12)19-8-6-7-9-19/h16H,1,6-10H2,2-5H3,(H,17,20). The van der Waals surface area contributed by atoms with E-state index in [9.17, 15) is 4.79 Å². The number of anilines is 1. The second-order valence-electron chi connectivity index (χ2n) is 6.58. The molecule has 0 radical (unpaired) electrons. The molecule has 1 aromatic rings. The Kier molecular flexibility index (Phi) is 3.97. The Bertz CT molecular complexity index is 541. The van der Waals surface area contributed by atoms with Gasteiger partial charge in [-0.15, -0.1) is 0 Å². The largest absolute Gasteiger partial charge is 0.384 e. The Morgan fingerprint density at radius 1 is 1.35 bits per heavy atom. The highest BCUT2D eigenvalue weighted by Crippen LogP contribution is 2.24. The molecule has 0 spiro atoms. The second-order valence-corrected chi connectivity index (χ2v) is 6.58. The molecule has 0 aliphatic carbocycles. The molecule has 1 aliphatic rings. The fraction of sp³-hybridized carbons (Fsp3) is 0.667. The van der Waals surface area contributed by atoms with Crippen LogP contribution >= 0.6 is 0 Å². The van der Waals surface area contributed by atoms with Crippen molar-refractivity contribution in [2.45, 2.75) is 40.2 Å². The number of hydrogen-bond donors (Lipinski definition) is 2. The van der Waals surface area contributed by atoms with Gasteiger partial charge in [0, 0.05) is 37.8 Å². The van der Waals surface area contributed by atoms with Crippen molar-refractivity contribution in [1.29, 1.82) is 0 Å². The maximum Gasteiger partial charge on any atom is 0.271 e. The van der Waals surface area contributed by atoms with Crippen molar-refractivity contribution in [3.63, 3.8) is 0 Å². The molecule has 0 saturated carbocycles. The van der Waals surface area contributed by atoms with Gasteiger partial charge in [-0.1, -0.05) is 27.4 Å². The van der Waals surface area contributed by atoms with Crippen molar-refractivity contribution < 1.29 is 0 Å². The summed E-state index contributed by atoms with van der Waals surface area (Å²) in [4.78, 5) is 14.4. The number of nitrogens with zero attached hydrogens (tertiary/aromatic N) is 2. The molecular formula is C15H26N4O. The maximum absolute atomic E-state index is 12.1. The lowest BCUT2D eigenvalue weighted by Gasteiger charge is -2.24. The molecule has 0 unspecified atom stereocenters. The number of nitrogens with one attached hydrogen (secondary N) is 2. The fourth-order valence-corrected chi connectivity index (χ4v) is 2.53. The van der Waals surface area contributed by atoms with Crippen molar-refractivity contribution in [2.75, 3.05) is 18.0 Å². The zero-order valence-electron chi connectivity index (χ0n) is 13.0. The van der Waals surface area contributed by atoms with Crippen LogP contribution in [0.25, 0.3) is 0 Å². The molecule has 20 heavy (non-hydrogen) atoms. The van der Waals surface area contributed by atoms with Crippen LogP contribution in [0, 0.1) is 5.41 Å². The monoisotopic (exact) mass is 278 g/mol. The Morgan fingerprint density at radius 2 is 1.95 bits per heavy atom. The van der Waals surface area contributed by atoms with Crippen LogP contribution in [0.15, 0.2) is 17.1 Å². The highest BCUT2D eigenvalue weighted by Gasteiger charge is 2.23. The summed E-state index contributed by atoms with van der Waals surface area (Å²) >= 11 is 0. The van der Waals surface area contributed by atoms with Gasteiger partial charge >= 0.3 is 0 Å². The highest BCUT2D eigenvalue weighted by atomic mass is 16.1. The van der Waals surface area contributed by atoms with Gasteiger partial charge in [0.1, 0.15) is 5.82 Å². The zero-order valence-corrected chi connectivity index (χ0v) is 13.0. The van der Waals surface area contributed by atoms with Gasteiger partial charge in [0.05, 0.1) is 5.56 Å². The van der Waals surface area contributed by atoms with Crippen molar-refractivity contribution in [1.82, 2.24) is 15.1 Å². The molecule has 0 aromatic carbocycles. The number of aromatic nitrogens is 2. The molecule has 2 rings (SSSR count). The van der Waals surface area contributed by atoms with Gasteiger partial charge in [0.15, 0.2) is 0 Å². The van der Waals surface area contributed by atoms with Crippen molar-refractivity contribution in [3.05, 3.63) is 28.2 Å². The van der Waals surface area contributed by atoms with E-state index in [1.807, 2.05) is 11.7 Å². The van der Waals surface area contributed by atoms with Gasteiger partial charge in [-0.25, -0.2) is 0 Å². The van der Waals surface area contributed by atoms with E-state index < -0.39 is 0 Å². The van der Waals surface area contributed by atoms with Gasteiger partial charge in [-0.2, -0.15) is 0 Å². The minimum atomic E-state index is -0.0105. The summed E-state index contributed by atoms with van der Waals surface area (Å²) in [6.45, 7) is 13.0. The molecule has 0 bridgehead atoms. The van der Waals surface area contributed by atoms with Gasteiger partial charge in [-0.05, 0) is 12.8 Å². The first-order chi connectivity index (χ1) is 9.30. The molecule has 5 heteroatoms. The van der Waals surface area contributed by atoms with Gasteiger partial charge in [0.25, 0.3) is 5.56 Å². The van der Waals surface area contributed by atoms with Crippen molar-refractivity contribution in [2.24, 2.45) is 12.5 Å². The molecule has 1 aliphatic heterocycles. The topological polar surface area (TPSA) is 53.1 Å². The molecule has 2 N–H and O–H groups in total. The summed E-state index contributed by atoms with van der Waals surface area (Å²) < 4.78 is 1.84. The number of aryl methyl sites for hydroxylation is 1. The lowest BCUT2D eigenvalue weighted by molar-refractivity contribution is 0.461. The van der Waals surface area contributed by atoms with E-state index in [0.717, 1.165) is 30.2 Å². The lowest BCUT2D eigenvalue weighted by atomic mass is 9.93. The summed E-state index contributed by atoms with van der Waals surface area (Å²) in [5.41, 5.74) is 1.74. The first-order valence-electron chi connectivity index (χ1n) is 7.27. The predicted octanol–water partition coefficient (Wildman–Crippen LogP) is 1.96. The Balaban J connectivity index is 2.19. The van der Waals surface area contributed by atoms with Crippen LogP contribution in [0.1, 0.15) is 39.2 Å². The SMILES string of the molecule is C=C(NCc1c(N2CCCC2)n(C)[nH]c1=O)C(C)(C)C. The van der Waals surface area contributed by atoms with Crippen LogP contribution < -0.4 is 15.8 Å². The van der Waals surface area contributed by atoms with Crippen LogP contribution in [0.5, 0.6) is 0 Å².